The van der Waals surface area contributed by atoms with Gasteiger partial charge in [0.25, 0.3) is 0 Å². The van der Waals surface area contributed by atoms with E-state index in [-0.39, 0.29) is 0 Å². The second-order valence-corrected chi connectivity index (χ2v) is 7.52. The lowest BCUT2D eigenvalue weighted by atomic mass is 10.1. The minimum Gasteiger partial charge on any atom is -0.357 e. The smallest absolute Gasteiger partial charge is 0.191 e. The molecule has 27 heavy (non-hydrogen) atoms. The minimum absolute atomic E-state index is 0.322. The average molecular weight is 394 g/mol. The van der Waals surface area contributed by atoms with Gasteiger partial charge in [-0.2, -0.15) is 0 Å². The van der Waals surface area contributed by atoms with Gasteiger partial charge in [0, 0.05) is 35.4 Å². The number of halogens is 2. The zero-order valence-electron chi connectivity index (χ0n) is 15.4. The highest BCUT2D eigenvalue weighted by Crippen LogP contribution is 2.09. The van der Waals surface area contributed by atoms with Crippen LogP contribution in [0.3, 0.4) is 0 Å². The molecule has 0 amide bonds. The Bertz CT molecular complexity index is 769. The van der Waals surface area contributed by atoms with E-state index >= 15 is 0 Å². The third kappa shape index (κ3) is 7.86. The standard InChI is InChI=1S/C20H25F2N3OS/c1-2-23-20(24-11-10-17-14-18(21)8-9-19(17)22)25-12-13-27(26)15-16-6-4-3-5-7-16/h3-9,14H,2,10-13,15H2,1H3,(H2,23,24,25). The van der Waals surface area contributed by atoms with Crippen molar-refractivity contribution >= 4 is 16.8 Å². The maximum atomic E-state index is 13.6. The molecule has 0 spiro atoms. The molecule has 0 fully saturated rings. The van der Waals surface area contributed by atoms with E-state index in [4.69, 9.17) is 0 Å². The number of hydrogen-bond acceptors (Lipinski definition) is 2. The molecule has 0 saturated carbocycles. The van der Waals surface area contributed by atoms with Crippen LogP contribution in [0.5, 0.6) is 0 Å². The topological polar surface area (TPSA) is 53.5 Å². The number of guanidine groups is 1. The molecule has 4 nitrogen and oxygen atoms in total. The fourth-order valence-electron chi connectivity index (χ4n) is 2.48. The van der Waals surface area contributed by atoms with Crippen LogP contribution in [0.4, 0.5) is 8.78 Å². The average Bonchev–Trinajstić information content (AvgIpc) is 2.65. The van der Waals surface area contributed by atoms with Gasteiger partial charge in [0.15, 0.2) is 5.96 Å². The van der Waals surface area contributed by atoms with E-state index in [1.165, 1.54) is 6.07 Å². The van der Waals surface area contributed by atoms with Gasteiger partial charge in [-0.05, 0) is 42.7 Å². The summed E-state index contributed by atoms with van der Waals surface area (Å²) in [5.41, 5.74) is 1.37. The van der Waals surface area contributed by atoms with Crippen molar-refractivity contribution in [3.63, 3.8) is 0 Å². The molecule has 2 aromatic carbocycles. The van der Waals surface area contributed by atoms with E-state index in [9.17, 15) is 13.0 Å². The summed E-state index contributed by atoms with van der Waals surface area (Å²) in [6, 6.07) is 13.1. The number of aliphatic imine (C=N–C) groups is 1. The summed E-state index contributed by atoms with van der Waals surface area (Å²) in [6.07, 6.45) is 0.341. The molecule has 1 unspecified atom stereocenters. The highest BCUT2D eigenvalue weighted by Gasteiger charge is 2.05. The largest absolute Gasteiger partial charge is 0.357 e. The van der Waals surface area contributed by atoms with Crippen LogP contribution in [0.25, 0.3) is 0 Å². The van der Waals surface area contributed by atoms with Crippen molar-refractivity contribution in [2.24, 2.45) is 4.99 Å². The molecule has 1 atom stereocenters. The van der Waals surface area contributed by atoms with Crippen LogP contribution < -0.4 is 10.6 Å². The third-order valence-electron chi connectivity index (χ3n) is 3.80. The number of benzene rings is 2. The SMILES string of the molecule is CCNC(=NCCS(=O)Cc1ccccc1)NCCc1cc(F)ccc1F. The van der Waals surface area contributed by atoms with Gasteiger partial charge in [-0.3, -0.25) is 9.20 Å². The Kier molecular flexibility index (Phi) is 8.91. The highest BCUT2D eigenvalue weighted by atomic mass is 32.2. The number of nitrogens with one attached hydrogen (secondary N) is 2. The fourth-order valence-corrected chi connectivity index (χ4v) is 3.49. The zero-order valence-corrected chi connectivity index (χ0v) is 16.2. The summed E-state index contributed by atoms with van der Waals surface area (Å²) < 4.78 is 39.0. The normalized spacial score (nSPS) is 12.6. The fraction of sp³-hybridized carbons (Fsp3) is 0.350. The molecule has 2 N–H and O–H groups in total. The van der Waals surface area contributed by atoms with Gasteiger partial charge in [-0.25, -0.2) is 8.78 Å². The van der Waals surface area contributed by atoms with E-state index in [0.717, 1.165) is 17.7 Å². The lowest BCUT2D eigenvalue weighted by Crippen LogP contribution is -2.38. The quantitative estimate of drug-likeness (QED) is 0.509. The molecule has 7 heteroatoms. The molecule has 0 aliphatic heterocycles. The molecule has 2 aromatic rings. The van der Waals surface area contributed by atoms with Crippen LogP contribution in [-0.4, -0.2) is 35.6 Å². The van der Waals surface area contributed by atoms with Gasteiger partial charge < -0.3 is 10.6 Å². The summed E-state index contributed by atoms with van der Waals surface area (Å²) >= 11 is 0. The summed E-state index contributed by atoms with van der Waals surface area (Å²) in [6.45, 7) is 3.45. The van der Waals surface area contributed by atoms with E-state index in [1.807, 2.05) is 37.3 Å². The van der Waals surface area contributed by atoms with E-state index in [2.05, 4.69) is 15.6 Å². The second-order valence-electron chi connectivity index (χ2n) is 5.95. The lowest BCUT2D eigenvalue weighted by Gasteiger charge is -2.11. The minimum atomic E-state index is -0.986. The number of rotatable bonds is 9. The Balaban J connectivity index is 1.79. The maximum absolute atomic E-state index is 13.6. The van der Waals surface area contributed by atoms with Crippen LogP contribution in [0.1, 0.15) is 18.1 Å². The molecule has 0 aliphatic carbocycles. The molecule has 0 aliphatic rings. The van der Waals surface area contributed by atoms with Crippen molar-refractivity contribution < 1.29 is 13.0 Å². The predicted octanol–water partition coefficient (Wildman–Crippen LogP) is 3.01. The Morgan fingerprint density at radius 2 is 1.89 bits per heavy atom. The van der Waals surface area contributed by atoms with Gasteiger partial charge in [0.1, 0.15) is 11.6 Å². The first-order chi connectivity index (χ1) is 13.1. The van der Waals surface area contributed by atoms with Crippen molar-refractivity contribution in [1.82, 2.24) is 10.6 Å². The van der Waals surface area contributed by atoms with Crippen molar-refractivity contribution in [2.75, 3.05) is 25.4 Å². The first kappa shape index (κ1) is 21.0. The van der Waals surface area contributed by atoms with Gasteiger partial charge in [-0.15, -0.1) is 0 Å². The van der Waals surface area contributed by atoms with Crippen LogP contribution >= 0.6 is 0 Å². The van der Waals surface area contributed by atoms with Crippen molar-refractivity contribution in [1.29, 1.82) is 0 Å². The Labute approximate surface area is 161 Å². The van der Waals surface area contributed by atoms with Crippen LogP contribution in [0.15, 0.2) is 53.5 Å². The first-order valence-corrected chi connectivity index (χ1v) is 10.4. The number of nitrogens with zero attached hydrogens (tertiary/aromatic N) is 1. The maximum Gasteiger partial charge on any atom is 0.191 e. The van der Waals surface area contributed by atoms with Crippen LogP contribution in [0, 0.1) is 11.6 Å². The highest BCUT2D eigenvalue weighted by molar-refractivity contribution is 7.84. The Hall–Kier alpha value is -2.28. The summed E-state index contributed by atoms with van der Waals surface area (Å²) in [5.74, 6) is 0.679. The molecule has 0 bridgehead atoms. The zero-order chi connectivity index (χ0) is 19.5. The predicted molar refractivity (Wildman–Crippen MR) is 107 cm³/mol. The summed E-state index contributed by atoms with van der Waals surface area (Å²) in [7, 11) is -0.986. The van der Waals surface area contributed by atoms with E-state index in [1.54, 1.807) is 0 Å². The lowest BCUT2D eigenvalue weighted by molar-refractivity contribution is 0.583. The van der Waals surface area contributed by atoms with Crippen LogP contribution in [-0.2, 0) is 23.0 Å². The molecule has 2 rings (SSSR count). The molecule has 0 aromatic heterocycles. The molecule has 0 radical (unpaired) electrons. The first-order valence-electron chi connectivity index (χ1n) is 8.93. The monoisotopic (exact) mass is 393 g/mol. The van der Waals surface area contributed by atoms with Crippen molar-refractivity contribution in [3.05, 3.63) is 71.3 Å². The molecular weight excluding hydrogens is 368 g/mol. The Morgan fingerprint density at radius 3 is 2.63 bits per heavy atom. The van der Waals surface area contributed by atoms with Gasteiger partial charge in [0.2, 0.25) is 0 Å². The third-order valence-corrected chi connectivity index (χ3v) is 5.09. The van der Waals surface area contributed by atoms with E-state index in [0.29, 0.717) is 49.1 Å². The van der Waals surface area contributed by atoms with Gasteiger partial charge >= 0.3 is 0 Å². The second kappa shape index (κ2) is 11.4. The molecule has 0 saturated heterocycles. The molecule has 146 valence electrons. The van der Waals surface area contributed by atoms with Crippen molar-refractivity contribution in [2.45, 2.75) is 19.1 Å². The summed E-state index contributed by atoms with van der Waals surface area (Å²) in [5, 5.41) is 6.18. The number of hydrogen-bond donors (Lipinski definition) is 2. The Morgan fingerprint density at radius 1 is 1.11 bits per heavy atom. The molecule has 0 heterocycles. The van der Waals surface area contributed by atoms with E-state index < -0.39 is 22.4 Å². The molecular formula is C20H25F2N3OS. The van der Waals surface area contributed by atoms with Gasteiger partial charge in [-0.1, -0.05) is 30.3 Å². The van der Waals surface area contributed by atoms with Crippen LogP contribution in [0.2, 0.25) is 0 Å². The van der Waals surface area contributed by atoms with Crippen molar-refractivity contribution in [3.8, 4) is 0 Å². The summed E-state index contributed by atoms with van der Waals surface area (Å²) in [4.78, 5) is 4.40. The van der Waals surface area contributed by atoms with Gasteiger partial charge in [0.05, 0.1) is 6.54 Å².